The largest absolute Gasteiger partial charge is 0.388 e. The van der Waals surface area contributed by atoms with E-state index in [0.29, 0.717) is 19.1 Å². The molecule has 0 aliphatic carbocycles. The van der Waals surface area contributed by atoms with Crippen molar-refractivity contribution in [1.29, 1.82) is 0 Å². The molecule has 0 aliphatic rings. The molecule has 0 radical (unpaired) electrons. The van der Waals surface area contributed by atoms with Crippen molar-refractivity contribution in [2.45, 2.75) is 46.1 Å². The Morgan fingerprint density at radius 3 is 2.20 bits per heavy atom. The van der Waals surface area contributed by atoms with Gasteiger partial charge in [0.1, 0.15) is 6.10 Å². The summed E-state index contributed by atoms with van der Waals surface area (Å²) < 4.78 is 10.6. The minimum Gasteiger partial charge on any atom is -0.388 e. The van der Waals surface area contributed by atoms with Gasteiger partial charge < -0.3 is 14.6 Å². The minimum absolute atomic E-state index is 0.388. The van der Waals surface area contributed by atoms with Crippen molar-refractivity contribution in [2.24, 2.45) is 5.92 Å². The Bertz CT molecular complexity index is 126. The van der Waals surface area contributed by atoms with Gasteiger partial charge in [0.15, 0.2) is 0 Å². The second-order valence-corrected chi connectivity index (χ2v) is 4.34. The summed E-state index contributed by atoms with van der Waals surface area (Å²) in [7, 11) is 0. The molecule has 3 heteroatoms. The van der Waals surface area contributed by atoms with E-state index in [1.807, 2.05) is 0 Å². The highest BCUT2D eigenvalue weighted by Gasteiger charge is 2.04. The van der Waals surface area contributed by atoms with Crippen molar-refractivity contribution in [3.8, 4) is 0 Å². The minimum atomic E-state index is -0.478. The first-order valence-electron chi connectivity index (χ1n) is 6.00. The molecule has 92 valence electrons. The van der Waals surface area contributed by atoms with Crippen molar-refractivity contribution in [3.63, 3.8) is 0 Å². The molecule has 0 saturated heterocycles. The fourth-order valence-corrected chi connectivity index (χ4v) is 1.05. The number of aliphatic hydroxyl groups excluding tert-OH is 1. The molecule has 0 fully saturated rings. The lowest BCUT2D eigenvalue weighted by Gasteiger charge is -2.12. The van der Waals surface area contributed by atoms with Crippen LogP contribution in [0.25, 0.3) is 0 Å². The van der Waals surface area contributed by atoms with Crippen LogP contribution in [0.15, 0.2) is 0 Å². The molecule has 0 heterocycles. The fraction of sp³-hybridized carbons (Fsp3) is 1.00. The highest BCUT2D eigenvalue weighted by molar-refractivity contribution is 4.52. The Morgan fingerprint density at radius 2 is 1.67 bits per heavy atom. The van der Waals surface area contributed by atoms with Crippen molar-refractivity contribution in [2.75, 3.05) is 26.4 Å². The van der Waals surface area contributed by atoms with Crippen molar-refractivity contribution >= 4 is 0 Å². The summed E-state index contributed by atoms with van der Waals surface area (Å²) in [6.07, 6.45) is 2.75. The average Bonchev–Trinajstić information content (AvgIpc) is 2.19. The predicted octanol–water partition coefficient (Wildman–Crippen LogP) is 2.23. The van der Waals surface area contributed by atoms with E-state index >= 15 is 0 Å². The van der Waals surface area contributed by atoms with Crippen LogP contribution in [-0.2, 0) is 9.47 Å². The van der Waals surface area contributed by atoms with Crippen molar-refractivity contribution in [3.05, 3.63) is 0 Å². The van der Waals surface area contributed by atoms with E-state index < -0.39 is 6.10 Å². The molecule has 0 saturated carbocycles. The lowest BCUT2D eigenvalue weighted by Crippen LogP contribution is -2.22. The van der Waals surface area contributed by atoms with E-state index in [1.54, 1.807) is 0 Å². The first kappa shape index (κ1) is 14.9. The van der Waals surface area contributed by atoms with E-state index in [4.69, 9.17) is 9.47 Å². The van der Waals surface area contributed by atoms with Gasteiger partial charge in [-0.05, 0) is 18.8 Å². The standard InChI is InChI=1S/C12H26O3/c1-4-5-7-14-9-12(13)10-15-8-6-11(2)3/h11-13H,4-10H2,1-3H3. The van der Waals surface area contributed by atoms with Crippen LogP contribution >= 0.6 is 0 Å². The zero-order valence-electron chi connectivity index (χ0n) is 10.4. The van der Waals surface area contributed by atoms with Gasteiger partial charge in [0.2, 0.25) is 0 Å². The Kier molecular flexibility index (Phi) is 10.3. The fourth-order valence-electron chi connectivity index (χ4n) is 1.05. The summed E-state index contributed by atoms with van der Waals surface area (Å²) in [4.78, 5) is 0. The highest BCUT2D eigenvalue weighted by atomic mass is 16.5. The van der Waals surface area contributed by atoms with Crippen LogP contribution in [0.3, 0.4) is 0 Å². The van der Waals surface area contributed by atoms with Gasteiger partial charge in [-0.15, -0.1) is 0 Å². The highest BCUT2D eigenvalue weighted by Crippen LogP contribution is 1.99. The molecule has 1 N–H and O–H groups in total. The Balaban J connectivity index is 3.15. The maximum Gasteiger partial charge on any atom is 0.101 e. The Morgan fingerprint density at radius 1 is 1.07 bits per heavy atom. The summed E-state index contributed by atoms with van der Waals surface area (Å²) in [5.74, 6) is 0.656. The zero-order valence-corrected chi connectivity index (χ0v) is 10.4. The third kappa shape index (κ3) is 11.8. The maximum absolute atomic E-state index is 9.46. The van der Waals surface area contributed by atoms with Crippen molar-refractivity contribution in [1.82, 2.24) is 0 Å². The third-order valence-corrected chi connectivity index (χ3v) is 2.10. The number of aliphatic hydroxyl groups is 1. The molecule has 0 aromatic heterocycles. The van der Waals surface area contributed by atoms with Gasteiger partial charge in [0, 0.05) is 13.2 Å². The topological polar surface area (TPSA) is 38.7 Å². The Hall–Kier alpha value is -0.120. The second kappa shape index (κ2) is 10.4. The molecule has 0 spiro atoms. The molecule has 1 atom stereocenters. The summed E-state index contributed by atoms with van der Waals surface area (Å²) in [6.45, 7) is 8.68. The van der Waals surface area contributed by atoms with E-state index in [1.165, 1.54) is 0 Å². The third-order valence-electron chi connectivity index (χ3n) is 2.10. The SMILES string of the molecule is CCCCOCC(O)COCCC(C)C. The molecule has 0 bridgehead atoms. The lowest BCUT2D eigenvalue weighted by atomic mass is 10.1. The molecule has 0 aromatic carbocycles. The van der Waals surface area contributed by atoms with Crippen LogP contribution in [-0.4, -0.2) is 37.6 Å². The first-order chi connectivity index (χ1) is 7.16. The molecular weight excluding hydrogens is 192 g/mol. The van der Waals surface area contributed by atoms with Crippen LogP contribution in [0.4, 0.5) is 0 Å². The summed E-state index contributed by atoms with van der Waals surface area (Å²) in [6, 6.07) is 0. The molecule has 0 amide bonds. The molecule has 15 heavy (non-hydrogen) atoms. The van der Waals surface area contributed by atoms with E-state index in [-0.39, 0.29) is 0 Å². The van der Waals surface area contributed by atoms with Gasteiger partial charge in [0.05, 0.1) is 13.2 Å². The zero-order chi connectivity index (χ0) is 11.5. The molecule has 0 aliphatic heterocycles. The number of hydrogen-bond acceptors (Lipinski definition) is 3. The number of unbranched alkanes of at least 4 members (excludes halogenated alkanes) is 1. The number of ether oxygens (including phenoxy) is 2. The lowest BCUT2D eigenvalue weighted by molar-refractivity contribution is -0.0209. The summed E-state index contributed by atoms with van der Waals surface area (Å²) in [5.41, 5.74) is 0. The average molecular weight is 218 g/mol. The number of hydrogen-bond donors (Lipinski definition) is 1. The van der Waals surface area contributed by atoms with Gasteiger partial charge in [-0.1, -0.05) is 27.2 Å². The smallest absolute Gasteiger partial charge is 0.101 e. The normalized spacial score (nSPS) is 13.4. The predicted molar refractivity (Wildman–Crippen MR) is 62.0 cm³/mol. The van der Waals surface area contributed by atoms with Crippen LogP contribution in [0, 0.1) is 5.92 Å². The summed E-state index contributed by atoms with van der Waals surface area (Å²) >= 11 is 0. The van der Waals surface area contributed by atoms with Gasteiger partial charge in [-0.3, -0.25) is 0 Å². The monoisotopic (exact) mass is 218 g/mol. The van der Waals surface area contributed by atoms with E-state index in [9.17, 15) is 5.11 Å². The van der Waals surface area contributed by atoms with Crippen LogP contribution in [0.2, 0.25) is 0 Å². The quantitative estimate of drug-likeness (QED) is 0.571. The first-order valence-corrected chi connectivity index (χ1v) is 6.00. The van der Waals surface area contributed by atoms with E-state index in [2.05, 4.69) is 20.8 Å². The molecular formula is C12H26O3. The Labute approximate surface area is 93.8 Å². The number of rotatable bonds is 10. The van der Waals surface area contributed by atoms with Crippen LogP contribution < -0.4 is 0 Å². The van der Waals surface area contributed by atoms with Gasteiger partial charge in [0.25, 0.3) is 0 Å². The van der Waals surface area contributed by atoms with Crippen LogP contribution in [0.1, 0.15) is 40.0 Å². The summed E-state index contributed by atoms with van der Waals surface area (Å²) in [5, 5.41) is 9.46. The molecule has 1 unspecified atom stereocenters. The molecule has 0 aromatic rings. The van der Waals surface area contributed by atoms with Gasteiger partial charge in [-0.2, -0.15) is 0 Å². The van der Waals surface area contributed by atoms with Gasteiger partial charge in [-0.25, -0.2) is 0 Å². The maximum atomic E-state index is 9.46. The molecule has 3 nitrogen and oxygen atoms in total. The van der Waals surface area contributed by atoms with Crippen LogP contribution in [0.5, 0.6) is 0 Å². The van der Waals surface area contributed by atoms with Gasteiger partial charge >= 0.3 is 0 Å². The van der Waals surface area contributed by atoms with Crippen molar-refractivity contribution < 1.29 is 14.6 Å². The van der Waals surface area contributed by atoms with E-state index in [0.717, 1.165) is 32.5 Å². The second-order valence-electron chi connectivity index (χ2n) is 4.34. The molecule has 0 rings (SSSR count).